The predicted octanol–water partition coefficient (Wildman–Crippen LogP) is 4.54. The number of benzene rings is 1. The van der Waals surface area contributed by atoms with Crippen LogP contribution in [0.2, 0.25) is 0 Å². The molecule has 2 aliphatic rings. The summed E-state index contributed by atoms with van der Waals surface area (Å²) in [6, 6.07) is 25.0. The van der Waals surface area contributed by atoms with Crippen LogP contribution < -0.4 is 5.32 Å². The Labute approximate surface area is 101 Å². The summed E-state index contributed by atoms with van der Waals surface area (Å²) in [4.78, 5) is 0. The van der Waals surface area contributed by atoms with Gasteiger partial charge in [0.15, 0.2) is 0 Å². The molecule has 0 atom stereocenters. The molecule has 17 heavy (non-hydrogen) atoms. The molecule has 1 heteroatoms. The lowest BCUT2D eigenvalue weighted by Crippen LogP contribution is -1.85. The van der Waals surface area contributed by atoms with Crippen molar-refractivity contribution in [3.05, 3.63) is 72.8 Å². The van der Waals surface area contributed by atoms with Crippen LogP contribution in [0.25, 0.3) is 11.1 Å². The first kappa shape index (κ1) is 9.91. The van der Waals surface area contributed by atoms with Gasteiger partial charge >= 0.3 is 0 Å². The van der Waals surface area contributed by atoms with Gasteiger partial charge in [0.1, 0.15) is 0 Å². The molecule has 2 aliphatic carbocycles. The summed E-state index contributed by atoms with van der Waals surface area (Å²) in [5.41, 5.74) is 4.77. The number of para-hydroxylation sites is 1. The summed E-state index contributed by atoms with van der Waals surface area (Å²) in [5.74, 6) is 0. The third-order valence-corrected chi connectivity index (χ3v) is 2.79. The summed E-state index contributed by atoms with van der Waals surface area (Å²) in [6.45, 7) is 0. The molecule has 0 radical (unpaired) electrons. The molecule has 0 fully saturated rings. The minimum absolute atomic E-state index is 1.12. The highest BCUT2D eigenvalue weighted by atomic mass is 14.9. The van der Waals surface area contributed by atoms with Gasteiger partial charge in [0.2, 0.25) is 0 Å². The Morgan fingerprint density at radius 2 is 1.06 bits per heavy atom. The van der Waals surface area contributed by atoms with Crippen LogP contribution in [0.1, 0.15) is 0 Å². The van der Waals surface area contributed by atoms with Crippen molar-refractivity contribution < 1.29 is 0 Å². The van der Waals surface area contributed by atoms with E-state index in [2.05, 4.69) is 53.8 Å². The van der Waals surface area contributed by atoms with Crippen LogP contribution in [0.15, 0.2) is 72.8 Å². The van der Waals surface area contributed by atoms with Gasteiger partial charge in [0, 0.05) is 11.4 Å². The molecule has 0 saturated carbocycles. The molecule has 0 saturated heterocycles. The summed E-state index contributed by atoms with van der Waals surface area (Å²) in [6.07, 6.45) is 0. The molecular weight excluding hydrogens is 206 g/mol. The fourth-order valence-corrected chi connectivity index (χ4v) is 1.97. The van der Waals surface area contributed by atoms with Crippen molar-refractivity contribution in [1.82, 2.24) is 0 Å². The maximum atomic E-state index is 3.40. The predicted molar refractivity (Wildman–Crippen MR) is 72.8 cm³/mol. The number of fused-ring (bicyclic) bond motifs is 1. The smallest absolute Gasteiger partial charge is 0.0396 e. The van der Waals surface area contributed by atoms with E-state index in [4.69, 9.17) is 0 Å². The minimum Gasteiger partial charge on any atom is -0.355 e. The van der Waals surface area contributed by atoms with Crippen molar-refractivity contribution in [3.8, 4) is 11.1 Å². The van der Waals surface area contributed by atoms with Gasteiger partial charge in [-0.3, -0.25) is 0 Å². The molecule has 3 rings (SSSR count). The normalized spacial score (nSPS) is 10.4. The third-order valence-electron chi connectivity index (χ3n) is 2.79. The molecule has 0 spiro atoms. The second-order valence-corrected chi connectivity index (χ2v) is 4.06. The van der Waals surface area contributed by atoms with E-state index < -0.39 is 0 Å². The average molecular weight is 219 g/mol. The Bertz CT molecular complexity index is 556. The second-order valence-electron chi connectivity index (χ2n) is 4.06. The zero-order valence-electron chi connectivity index (χ0n) is 9.43. The Balaban J connectivity index is 1.95. The molecule has 1 aromatic rings. The Hall–Kier alpha value is -2.28. The second kappa shape index (κ2) is 4.30. The monoisotopic (exact) mass is 219 g/mol. The van der Waals surface area contributed by atoms with E-state index in [0.29, 0.717) is 0 Å². The van der Waals surface area contributed by atoms with Crippen LogP contribution in [-0.4, -0.2) is 0 Å². The van der Waals surface area contributed by atoms with Crippen molar-refractivity contribution >= 4 is 11.4 Å². The first-order valence-electron chi connectivity index (χ1n) is 5.73. The first-order chi connectivity index (χ1) is 8.42. The lowest BCUT2D eigenvalue weighted by atomic mass is 10.2. The maximum Gasteiger partial charge on any atom is 0.0396 e. The van der Waals surface area contributed by atoms with Gasteiger partial charge in [0.25, 0.3) is 0 Å². The number of rotatable bonds is 2. The highest BCUT2D eigenvalue weighted by Crippen LogP contribution is 2.29. The van der Waals surface area contributed by atoms with Gasteiger partial charge < -0.3 is 5.32 Å². The minimum atomic E-state index is 1.12. The van der Waals surface area contributed by atoms with Crippen LogP contribution in [0.3, 0.4) is 0 Å². The van der Waals surface area contributed by atoms with E-state index in [1.807, 2.05) is 24.3 Å². The van der Waals surface area contributed by atoms with Crippen molar-refractivity contribution in [1.29, 1.82) is 0 Å². The number of hydrogen-bond donors (Lipinski definition) is 1. The molecule has 1 N–H and O–H groups in total. The summed E-state index contributed by atoms with van der Waals surface area (Å²) >= 11 is 0. The molecule has 0 aliphatic heterocycles. The summed E-state index contributed by atoms with van der Waals surface area (Å²) in [7, 11) is 0. The molecule has 0 bridgehead atoms. The van der Waals surface area contributed by atoms with Crippen LogP contribution in [0, 0.1) is 0 Å². The maximum absolute atomic E-state index is 3.40. The fourth-order valence-electron chi connectivity index (χ4n) is 1.97. The summed E-state index contributed by atoms with van der Waals surface area (Å²) < 4.78 is 0. The van der Waals surface area contributed by atoms with Gasteiger partial charge in [-0.15, -0.1) is 0 Å². The average Bonchev–Trinajstić information content (AvgIpc) is 2.60. The van der Waals surface area contributed by atoms with Crippen molar-refractivity contribution in [2.45, 2.75) is 0 Å². The lowest BCUT2D eigenvalue weighted by molar-refractivity contribution is 1.59. The van der Waals surface area contributed by atoms with E-state index in [9.17, 15) is 0 Å². The molecule has 1 nitrogen and oxygen atoms in total. The summed E-state index contributed by atoms with van der Waals surface area (Å²) in [5, 5.41) is 3.40. The standard InChI is InChI=1S/C16H13N/c1-3-7-13-11-16(12-14(13)8-4-1)17-15-9-5-2-6-10-15/h1-12,17H. The third kappa shape index (κ3) is 2.13. The lowest BCUT2D eigenvalue weighted by Gasteiger charge is -2.01. The topological polar surface area (TPSA) is 12.0 Å². The zero-order valence-corrected chi connectivity index (χ0v) is 9.43. The largest absolute Gasteiger partial charge is 0.355 e. The molecule has 1 aromatic carbocycles. The molecule has 0 heterocycles. The van der Waals surface area contributed by atoms with Crippen molar-refractivity contribution in [2.24, 2.45) is 0 Å². The Morgan fingerprint density at radius 3 is 1.65 bits per heavy atom. The van der Waals surface area contributed by atoms with Gasteiger partial charge in [0.05, 0.1) is 0 Å². The molecule has 0 unspecified atom stereocenters. The van der Waals surface area contributed by atoms with E-state index >= 15 is 0 Å². The number of hydrogen-bond acceptors (Lipinski definition) is 1. The highest BCUT2D eigenvalue weighted by Gasteiger charge is 2.04. The van der Waals surface area contributed by atoms with Crippen LogP contribution in [0.4, 0.5) is 11.4 Å². The van der Waals surface area contributed by atoms with Gasteiger partial charge in [-0.05, 0) is 35.4 Å². The quantitative estimate of drug-likeness (QED) is 0.667. The SMILES string of the molecule is c1ccc(Nc2cc3cccccc-3c2)cc1. The van der Waals surface area contributed by atoms with Crippen molar-refractivity contribution in [2.75, 3.05) is 5.32 Å². The van der Waals surface area contributed by atoms with E-state index in [0.717, 1.165) is 11.4 Å². The number of anilines is 2. The van der Waals surface area contributed by atoms with E-state index in [-0.39, 0.29) is 0 Å². The van der Waals surface area contributed by atoms with Gasteiger partial charge in [-0.1, -0.05) is 48.5 Å². The van der Waals surface area contributed by atoms with Crippen LogP contribution >= 0.6 is 0 Å². The Kier molecular flexibility index (Phi) is 2.51. The van der Waals surface area contributed by atoms with Crippen LogP contribution in [0.5, 0.6) is 0 Å². The molecule has 0 aromatic heterocycles. The number of nitrogens with one attached hydrogen (secondary N) is 1. The highest BCUT2D eigenvalue weighted by molar-refractivity contribution is 5.77. The van der Waals surface area contributed by atoms with Crippen molar-refractivity contribution in [3.63, 3.8) is 0 Å². The van der Waals surface area contributed by atoms with Gasteiger partial charge in [-0.25, -0.2) is 0 Å². The zero-order chi connectivity index (χ0) is 11.5. The first-order valence-corrected chi connectivity index (χ1v) is 5.73. The van der Waals surface area contributed by atoms with Crippen LogP contribution in [-0.2, 0) is 0 Å². The molecular formula is C16H13N. The molecule has 82 valence electrons. The Morgan fingerprint density at radius 1 is 0.529 bits per heavy atom. The fraction of sp³-hybridized carbons (Fsp3) is 0. The van der Waals surface area contributed by atoms with Gasteiger partial charge in [-0.2, -0.15) is 0 Å². The van der Waals surface area contributed by atoms with E-state index in [1.165, 1.54) is 11.1 Å². The molecule has 0 amide bonds. The van der Waals surface area contributed by atoms with E-state index in [1.54, 1.807) is 0 Å².